The molecule has 0 fully saturated rings. The van der Waals surface area contributed by atoms with Gasteiger partial charge in [0.15, 0.2) is 0 Å². The van der Waals surface area contributed by atoms with Gasteiger partial charge in [-0.2, -0.15) is 5.48 Å². The number of hydrogen-bond donors (Lipinski definition) is 2. The number of fused-ring (bicyclic) bond motifs is 1. The lowest BCUT2D eigenvalue weighted by Gasteiger charge is -2.04. The topological polar surface area (TPSA) is 67.0 Å². The number of hydrogen-bond acceptors (Lipinski definition) is 4. The minimum atomic E-state index is -0.126. The van der Waals surface area contributed by atoms with Crippen LogP contribution in [0.4, 0.5) is 0 Å². The Bertz CT molecular complexity index is 536. The summed E-state index contributed by atoms with van der Waals surface area (Å²) in [5, 5.41) is 0.600. The van der Waals surface area contributed by atoms with Crippen molar-refractivity contribution in [3.8, 4) is 0 Å². The molecule has 2 N–H and O–H groups in total. The number of aromatic nitrogens is 2. The molecule has 0 spiro atoms. The standard InChI is InChI=1S/C11H13N3O2/c1-2-16-12-7-10-13-9-6-4-3-5-8(9)11(15)14-10/h3-6,12H,2,7H2,1H3,(H,13,14,15). The smallest absolute Gasteiger partial charge is 0.258 e. The number of aromatic amines is 1. The van der Waals surface area contributed by atoms with Gasteiger partial charge in [-0.25, -0.2) is 4.98 Å². The molecular formula is C11H13N3O2. The molecule has 0 radical (unpaired) electrons. The SMILES string of the molecule is CCONCc1nc2ccccc2c(=O)[nH]1. The number of H-pyrrole nitrogens is 1. The molecule has 0 aliphatic carbocycles. The lowest BCUT2D eigenvalue weighted by atomic mass is 10.2. The van der Waals surface area contributed by atoms with Crippen molar-refractivity contribution in [1.29, 1.82) is 0 Å². The van der Waals surface area contributed by atoms with Crippen LogP contribution in [-0.4, -0.2) is 16.6 Å². The molecule has 2 rings (SSSR count). The highest BCUT2D eigenvalue weighted by Gasteiger charge is 2.02. The van der Waals surface area contributed by atoms with Gasteiger partial charge in [0.2, 0.25) is 0 Å². The number of nitrogens with zero attached hydrogens (tertiary/aromatic N) is 1. The summed E-state index contributed by atoms with van der Waals surface area (Å²) in [5.41, 5.74) is 3.28. The first kappa shape index (κ1) is 10.8. The average molecular weight is 219 g/mol. The molecule has 2 aromatic rings. The van der Waals surface area contributed by atoms with Crippen LogP contribution in [0.25, 0.3) is 10.9 Å². The van der Waals surface area contributed by atoms with E-state index in [2.05, 4.69) is 15.4 Å². The maximum Gasteiger partial charge on any atom is 0.258 e. The van der Waals surface area contributed by atoms with Gasteiger partial charge in [0.05, 0.1) is 24.1 Å². The maximum atomic E-state index is 11.7. The monoisotopic (exact) mass is 219 g/mol. The molecule has 16 heavy (non-hydrogen) atoms. The molecule has 5 heteroatoms. The largest absolute Gasteiger partial charge is 0.309 e. The summed E-state index contributed by atoms with van der Waals surface area (Å²) in [6.07, 6.45) is 0. The zero-order valence-corrected chi connectivity index (χ0v) is 8.99. The number of nitrogens with one attached hydrogen (secondary N) is 2. The third-order valence-corrected chi connectivity index (χ3v) is 2.15. The first-order valence-electron chi connectivity index (χ1n) is 5.14. The fourth-order valence-electron chi connectivity index (χ4n) is 1.44. The summed E-state index contributed by atoms with van der Waals surface area (Å²) >= 11 is 0. The minimum Gasteiger partial charge on any atom is -0.309 e. The van der Waals surface area contributed by atoms with E-state index in [1.54, 1.807) is 6.07 Å². The molecule has 0 bridgehead atoms. The van der Waals surface area contributed by atoms with Gasteiger partial charge in [0, 0.05) is 0 Å². The zero-order chi connectivity index (χ0) is 11.4. The Morgan fingerprint density at radius 2 is 2.25 bits per heavy atom. The van der Waals surface area contributed by atoms with Crippen LogP contribution >= 0.6 is 0 Å². The van der Waals surface area contributed by atoms with Gasteiger partial charge in [-0.05, 0) is 19.1 Å². The maximum absolute atomic E-state index is 11.7. The quantitative estimate of drug-likeness (QED) is 0.594. The van der Waals surface area contributed by atoms with Crippen molar-refractivity contribution in [1.82, 2.24) is 15.4 Å². The van der Waals surface area contributed by atoms with Crippen LogP contribution in [0, 0.1) is 0 Å². The van der Waals surface area contributed by atoms with Gasteiger partial charge in [-0.1, -0.05) is 12.1 Å². The highest BCUT2D eigenvalue weighted by molar-refractivity contribution is 5.77. The summed E-state index contributed by atoms with van der Waals surface area (Å²) < 4.78 is 0. The lowest BCUT2D eigenvalue weighted by Crippen LogP contribution is -2.19. The molecule has 0 aliphatic heterocycles. The van der Waals surface area contributed by atoms with E-state index in [4.69, 9.17) is 4.84 Å². The van der Waals surface area contributed by atoms with Crippen molar-refractivity contribution >= 4 is 10.9 Å². The number of para-hydroxylation sites is 1. The van der Waals surface area contributed by atoms with Crippen molar-refractivity contribution < 1.29 is 4.84 Å². The van der Waals surface area contributed by atoms with Crippen molar-refractivity contribution in [2.24, 2.45) is 0 Å². The molecule has 84 valence electrons. The van der Waals surface area contributed by atoms with E-state index in [9.17, 15) is 4.79 Å². The molecular weight excluding hydrogens is 206 g/mol. The van der Waals surface area contributed by atoms with Crippen molar-refractivity contribution in [3.63, 3.8) is 0 Å². The minimum absolute atomic E-state index is 0.126. The lowest BCUT2D eigenvalue weighted by molar-refractivity contribution is 0.0448. The normalized spacial score (nSPS) is 10.8. The van der Waals surface area contributed by atoms with Crippen LogP contribution in [0.5, 0.6) is 0 Å². The van der Waals surface area contributed by atoms with Crippen molar-refractivity contribution in [2.75, 3.05) is 6.61 Å². The second-order valence-corrected chi connectivity index (χ2v) is 3.28. The predicted octanol–water partition coefficient (Wildman–Crippen LogP) is 0.964. The Kier molecular flexibility index (Phi) is 3.28. The summed E-state index contributed by atoms with van der Waals surface area (Å²) in [4.78, 5) is 23.7. The third-order valence-electron chi connectivity index (χ3n) is 2.15. The highest BCUT2D eigenvalue weighted by atomic mass is 16.6. The summed E-state index contributed by atoms with van der Waals surface area (Å²) in [6.45, 7) is 2.83. The van der Waals surface area contributed by atoms with Crippen LogP contribution in [0.3, 0.4) is 0 Å². The molecule has 0 amide bonds. The number of rotatable bonds is 4. The molecule has 0 unspecified atom stereocenters. The molecule has 0 aliphatic rings. The van der Waals surface area contributed by atoms with Crippen LogP contribution in [0.2, 0.25) is 0 Å². The molecule has 0 atom stereocenters. The van der Waals surface area contributed by atoms with Crippen LogP contribution in [0.15, 0.2) is 29.1 Å². The Morgan fingerprint density at radius 1 is 1.44 bits per heavy atom. The molecule has 1 aromatic heterocycles. The van der Waals surface area contributed by atoms with Gasteiger partial charge in [0.1, 0.15) is 5.82 Å². The second-order valence-electron chi connectivity index (χ2n) is 3.28. The van der Waals surface area contributed by atoms with Gasteiger partial charge >= 0.3 is 0 Å². The number of benzene rings is 1. The molecule has 1 aromatic carbocycles. The van der Waals surface area contributed by atoms with E-state index in [1.807, 2.05) is 25.1 Å². The summed E-state index contributed by atoms with van der Waals surface area (Å²) in [7, 11) is 0. The Morgan fingerprint density at radius 3 is 3.06 bits per heavy atom. The van der Waals surface area contributed by atoms with Gasteiger partial charge in [0.25, 0.3) is 5.56 Å². The first-order valence-corrected chi connectivity index (χ1v) is 5.14. The zero-order valence-electron chi connectivity index (χ0n) is 8.99. The van der Waals surface area contributed by atoms with Crippen LogP contribution in [0.1, 0.15) is 12.7 Å². The third kappa shape index (κ3) is 2.26. The summed E-state index contributed by atoms with van der Waals surface area (Å²) in [6, 6.07) is 7.24. The first-order chi connectivity index (χ1) is 7.81. The van der Waals surface area contributed by atoms with Gasteiger partial charge in [-0.3, -0.25) is 4.79 Å². The van der Waals surface area contributed by atoms with Gasteiger partial charge in [-0.15, -0.1) is 0 Å². The molecule has 0 saturated heterocycles. The number of hydroxylamine groups is 1. The fourth-order valence-corrected chi connectivity index (χ4v) is 1.44. The van der Waals surface area contributed by atoms with Crippen molar-refractivity contribution in [2.45, 2.75) is 13.5 Å². The Hall–Kier alpha value is -1.72. The fraction of sp³-hybridized carbons (Fsp3) is 0.273. The molecule has 0 saturated carbocycles. The van der Waals surface area contributed by atoms with Crippen molar-refractivity contribution in [3.05, 3.63) is 40.4 Å². The molecule has 5 nitrogen and oxygen atoms in total. The van der Waals surface area contributed by atoms with E-state index >= 15 is 0 Å². The van der Waals surface area contributed by atoms with Crippen LogP contribution < -0.4 is 11.0 Å². The Labute approximate surface area is 92.4 Å². The predicted molar refractivity (Wildman–Crippen MR) is 60.8 cm³/mol. The summed E-state index contributed by atoms with van der Waals surface area (Å²) in [5.74, 6) is 0.567. The average Bonchev–Trinajstić information content (AvgIpc) is 2.30. The Balaban J connectivity index is 2.31. The van der Waals surface area contributed by atoms with E-state index < -0.39 is 0 Å². The highest BCUT2D eigenvalue weighted by Crippen LogP contribution is 2.05. The van der Waals surface area contributed by atoms with E-state index in [-0.39, 0.29) is 5.56 Å². The van der Waals surface area contributed by atoms with E-state index in [1.165, 1.54) is 0 Å². The second kappa shape index (κ2) is 4.87. The van der Waals surface area contributed by atoms with E-state index in [0.29, 0.717) is 29.9 Å². The molecule has 1 heterocycles. The van der Waals surface area contributed by atoms with Crippen LogP contribution in [-0.2, 0) is 11.4 Å². The van der Waals surface area contributed by atoms with E-state index in [0.717, 1.165) is 0 Å². The van der Waals surface area contributed by atoms with Gasteiger partial charge < -0.3 is 9.82 Å².